The van der Waals surface area contributed by atoms with Crippen LogP contribution in [0.3, 0.4) is 0 Å². The van der Waals surface area contributed by atoms with Crippen molar-refractivity contribution in [1.29, 1.82) is 0 Å². The molecule has 0 fully saturated rings. The van der Waals surface area contributed by atoms with E-state index in [1.54, 1.807) is 0 Å². The number of hydrogen-bond donors (Lipinski definition) is 1. The van der Waals surface area contributed by atoms with Gasteiger partial charge in [-0.25, -0.2) is 0 Å². The van der Waals surface area contributed by atoms with E-state index in [0.29, 0.717) is 6.61 Å². The molecule has 0 spiro atoms. The lowest BCUT2D eigenvalue weighted by Crippen LogP contribution is -2.35. The van der Waals surface area contributed by atoms with Crippen LogP contribution < -0.4 is 0 Å². The summed E-state index contributed by atoms with van der Waals surface area (Å²) in [5.41, 5.74) is 0. The minimum atomic E-state index is 0.335. The highest BCUT2D eigenvalue weighted by atomic mass is 16.2. The van der Waals surface area contributed by atoms with Crippen LogP contribution in [-0.2, 0) is 0 Å². The van der Waals surface area contributed by atoms with Gasteiger partial charge in [-0.05, 0) is 45.8 Å². The first-order valence-corrected chi connectivity index (χ1v) is 6.54. The molecule has 3 heteroatoms. The molecule has 3 nitrogen and oxygen atoms in total. The van der Waals surface area contributed by atoms with Crippen molar-refractivity contribution >= 4 is 0 Å². The molecule has 1 N–H and O–H groups in total. The molecule has 0 bridgehead atoms. The van der Waals surface area contributed by atoms with E-state index in [2.05, 4.69) is 37.7 Å². The summed E-state index contributed by atoms with van der Waals surface area (Å²) in [4.78, 5) is 4.78. The Morgan fingerprint density at radius 2 is 1.62 bits per heavy atom. The smallest absolute Gasteiger partial charge is 0.0431 e. The van der Waals surface area contributed by atoms with Crippen molar-refractivity contribution in [2.24, 2.45) is 5.92 Å². The fraction of sp³-hybridized carbons (Fsp3) is 1.00. The van der Waals surface area contributed by atoms with E-state index in [-0.39, 0.29) is 0 Å². The second kappa shape index (κ2) is 10.1. The molecule has 0 aliphatic heterocycles. The lowest BCUT2D eigenvalue weighted by atomic mass is 10.2. The zero-order valence-corrected chi connectivity index (χ0v) is 11.6. The SMILES string of the molecule is CC(C)CN(CCCCCO)CCN(C)C. The molecule has 98 valence electrons. The minimum absolute atomic E-state index is 0.335. The molecule has 0 heterocycles. The van der Waals surface area contributed by atoms with Gasteiger partial charge in [0.05, 0.1) is 0 Å². The van der Waals surface area contributed by atoms with Gasteiger partial charge in [0.25, 0.3) is 0 Å². The van der Waals surface area contributed by atoms with Gasteiger partial charge < -0.3 is 14.9 Å². The molecular formula is C13H30N2O. The highest BCUT2D eigenvalue weighted by molar-refractivity contribution is 4.62. The van der Waals surface area contributed by atoms with E-state index in [1.165, 1.54) is 19.5 Å². The Kier molecular flexibility index (Phi) is 9.99. The Labute approximate surface area is 101 Å². The number of likely N-dealkylation sites (N-methyl/N-ethyl adjacent to an activating group) is 1. The van der Waals surface area contributed by atoms with E-state index >= 15 is 0 Å². The Morgan fingerprint density at radius 1 is 0.938 bits per heavy atom. The van der Waals surface area contributed by atoms with Gasteiger partial charge in [-0.1, -0.05) is 13.8 Å². The molecule has 0 rings (SSSR count). The number of unbranched alkanes of at least 4 members (excludes halogenated alkanes) is 2. The van der Waals surface area contributed by atoms with Crippen LogP contribution in [0.15, 0.2) is 0 Å². The molecule has 0 aliphatic carbocycles. The zero-order chi connectivity index (χ0) is 12.4. The maximum absolute atomic E-state index is 8.73. The number of rotatable bonds is 10. The number of nitrogens with zero attached hydrogens (tertiary/aromatic N) is 2. The topological polar surface area (TPSA) is 26.7 Å². The lowest BCUT2D eigenvalue weighted by Gasteiger charge is -2.25. The summed E-state index contributed by atoms with van der Waals surface area (Å²) in [7, 11) is 4.25. The summed E-state index contributed by atoms with van der Waals surface area (Å²) in [6.07, 6.45) is 3.30. The van der Waals surface area contributed by atoms with E-state index in [1.807, 2.05) is 0 Å². The van der Waals surface area contributed by atoms with Gasteiger partial charge >= 0.3 is 0 Å². The van der Waals surface area contributed by atoms with Gasteiger partial charge in [0.15, 0.2) is 0 Å². The van der Waals surface area contributed by atoms with Crippen LogP contribution in [0.1, 0.15) is 33.1 Å². The van der Waals surface area contributed by atoms with Gasteiger partial charge in [0.2, 0.25) is 0 Å². The first kappa shape index (κ1) is 15.9. The summed E-state index contributed by atoms with van der Waals surface area (Å²) < 4.78 is 0. The Balaban J connectivity index is 3.72. The number of aliphatic hydroxyl groups excluding tert-OH is 1. The third kappa shape index (κ3) is 10.4. The van der Waals surface area contributed by atoms with Crippen molar-refractivity contribution < 1.29 is 5.11 Å². The maximum Gasteiger partial charge on any atom is 0.0431 e. The highest BCUT2D eigenvalue weighted by Gasteiger charge is 2.07. The van der Waals surface area contributed by atoms with Crippen LogP contribution in [0, 0.1) is 5.92 Å². The van der Waals surface area contributed by atoms with Crippen LogP contribution in [0.5, 0.6) is 0 Å². The summed E-state index contributed by atoms with van der Waals surface area (Å²) in [5.74, 6) is 0.736. The van der Waals surface area contributed by atoms with Gasteiger partial charge in [-0.3, -0.25) is 0 Å². The number of hydrogen-bond acceptors (Lipinski definition) is 3. The molecule has 0 saturated carbocycles. The Hall–Kier alpha value is -0.120. The van der Waals surface area contributed by atoms with Gasteiger partial charge in [0, 0.05) is 26.2 Å². The van der Waals surface area contributed by atoms with Gasteiger partial charge in [-0.15, -0.1) is 0 Å². The molecule has 0 radical (unpaired) electrons. The normalized spacial score (nSPS) is 12.0. The molecule has 0 aromatic heterocycles. The minimum Gasteiger partial charge on any atom is -0.396 e. The van der Waals surface area contributed by atoms with Gasteiger partial charge in [-0.2, -0.15) is 0 Å². The van der Waals surface area contributed by atoms with Crippen molar-refractivity contribution in [2.75, 3.05) is 46.9 Å². The van der Waals surface area contributed by atoms with Crippen LogP contribution >= 0.6 is 0 Å². The molecule has 16 heavy (non-hydrogen) atoms. The maximum atomic E-state index is 8.73. The van der Waals surface area contributed by atoms with Crippen LogP contribution in [0.2, 0.25) is 0 Å². The van der Waals surface area contributed by atoms with E-state index in [4.69, 9.17) is 5.11 Å². The lowest BCUT2D eigenvalue weighted by molar-refractivity contribution is 0.211. The van der Waals surface area contributed by atoms with Crippen molar-refractivity contribution in [2.45, 2.75) is 33.1 Å². The molecule has 0 aromatic carbocycles. The molecule has 0 aromatic rings. The Morgan fingerprint density at radius 3 is 2.12 bits per heavy atom. The molecule has 0 aliphatic rings. The van der Waals surface area contributed by atoms with Crippen molar-refractivity contribution in [3.63, 3.8) is 0 Å². The van der Waals surface area contributed by atoms with E-state index in [9.17, 15) is 0 Å². The summed E-state index contributed by atoms with van der Waals surface area (Å²) >= 11 is 0. The van der Waals surface area contributed by atoms with Crippen molar-refractivity contribution in [3.8, 4) is 0 Å². The predicted molar refractivity (Wildman–Crippen MR) is 70.8 cm³/mol. The summed E-state index contributed by atoms with van der Waals surface area (Å²) in [6, 6.07) is 0. The van der Waals surface area contributed by atoms with Crippen LogP contribution in [-0.4, -0.2) is 61.8 Å². The van der Waals surface area contributed by atoms with Crippen LogP contribution in [0.25, 0.3) is 0 Å². The molecule has 0 amide bonds. The predicted octanol–water partition coefficient (Wildman–Crippen LogP) is 1.67. The van der Waals surface area contributed by atoms with Crippen molar-refractivity contribution in [1.82, 2.24) is 9.80 Å². The fourth-order valence-corrected chi connectivity index (χ4v) is 1.78. The zero-order valence-electron chi connectivity index (χ0n) is 11.6. The van der Waals surface area contributed by atoms with Crippen LogP contribution in [0.4, 0.5) is 0 Å². The molecular weight excluding hydrogens is 200 g/mol. The standard InChI is InChI=1S/C13H30N2O/c1-13(2)12-15(10-9-14(3)4)8-6-5-7-11-16/h13,16H,5-12H2,1-4H3. The monoisotopic (exact) mass is 230 g/mol. The second-order valence-corrected chi connectivity index (χ2v) is 5.28. The second-order valence-electron chi connectivity index (χ2n) is 5.28. The molecule has 0 atom stereocenters. The number of aliphatic hydroxyl groups is 1. The quantitative estimate of drug-likeness (QED) is 0.578. The third-order valence-corrected chi connectivity index (χ3v) is 2.62. The first-order chi connectivity index (χ1) is 7.56. The summed E-state index contributed by atoms with van der Waals surface area (Å²) in [5, 5.41) is 8.73. The fourth-order valence-electron chi connectivity index (χ4n) is 1.78. The summed E-state index contributed by atoms with van der Waals surface area (Å²) in [6.45, 7) is 9.53. The molecule has 0 unspecified atom stereocenters. The van der Waals surface area contributed by atoms with Crippen molar-refractivity contribution in [3.05, 3.63) is 0 Å². The van der Waals surface area contributed by atoms with E-state index in [0.717, 1.165) is 31.8 Å². The average Bonchev–Trinajstić information content (AvgIpc) is 2.19. The van der Waals surface area contributed by atoms with E-state index < -0.39 is 0 Å². The Bertz CT molecular complexity index is 149. The average molecular weight is 230 g/mol. The largest absolute Gasteiger partial charge is 0.396 e. The first-order valence-electron chi connectivity index (χ1n) is 6.54. The highest BCUT2D eigenvalue weighted by Crippen LogP contribution is 2.03. The van der Waals surface area contributed by atoms with Gasteiger partial charge in [0.1, 0.15) is 0 Å². The molecule has 0 saturated heterocycles. The third-order valence-electron chi connectivity index (χ3n) is 2.62.